The first-order valence-electron chi connectivity index (χ1n) is 9.53. The van der Waals surface area contributed by atoms with E-state index in [-0.39, 0.29) is 11.5 Å². The van der Waals surface area contributed by atoms with E-state index in [0.29, 0.717) is 30.5 Å². The predicted octanol–water partition coefficient (Wildman–Crippen LogP) is 2.73. The van der Waals surface area contributed by atoms with Crippen LogP contribution in [0.5, 0.6) is 5.88 Å². The Morgan fingerprint density at radius 2 is 2.10 bits per heavy atom. The molecule has 0 spiro atoms. The van der Waals surface area contributed by atoms with E-state index in [1.165, 1.54) is 6.07 Å². The number of ether oxygens (including phenoxy) is 1. The van der Waals surface area contributed by atoms with Crippen LogP contribution in [0.15, 0.2) is 48.9 Å². The average molecular weight is 420 g/mol. The van der Waals surface area contributed by atoms with Gasteiger partial charge in [0.05, 0.1) is 17.7 Å². The minimum Gasteiger partial charge on any atom is -0.481 e. The summed E-state index contributed by atoms with van der Waals surface area (Å²) in [4.78, 5) is 27.7. The third kappa shape index (κ3) is 4.34. The van der Waals surface area contributed by atoms with Crippen LogP contribution in [0.3, 0.4) is 0 Å². The molecule has 3 N–H and O–H groups in total. The zero-order valence-corrected chi connectivity index (χ0v) is 16.7. The van der Waals surface area contributed by atoms with Crippen molar-refractivity contribution in [3.05, 3.63) is 64.7 Å². The van der Waals surface area contributed by atoms with E-state index in [9.17, 15) is 10.1 Å². The van der Waals surface area contributed by atoms with Crippen molar-refractivity contribution in [2.75, 3.05) is 24.7 Å². The van der Waals surface area contributed by atoms with Gasteiger partial charge in [0.25, 0.3) is 0 Å². The van der Waals surface area contributed by atoms with Crippen LogP contribution in [0.2, 0.25) is 0 Å². The molecule has 0 aliphatic heterocycles. The Hall–Kier alpha value is -4.28. The molecule has 0 unspecified atom stereocenters. The van der Waals surface area contributed by atoms with Gasteiger partial charge in [0.15, 0.2) is 0 Å². The minimum atomic E-state index is -0.541. The molecule has 31 heavy (non-hydrogen) atoms. The molecule has 0 radical (unpaired) electrons. The second-order valence-corrected chi connectivity index (χ2v) is 6.70. The number of hydrogen-bond donors (Lipinski definition) is 2. The summed E-state index contributed by atoms with van der Waals surface area (Å²) in [7, 11) is 1.57. The zero-order chi connectivity index (χ0) is 21.8. The monoisotopic (exact) mass is 420 g/mol. The Kier molecular flexibility index (Phi) is 5.56. The maximum absolute atomic E-state index is 10.8. The molecule has 158 valence electrons. The lowest BCUT2D eigenvalue weighted by molar-refractivity contribution is -0.384. The summed E-state index contributed by atoms with van der Waals surface area (Å²) < 4.78 is 6.97. The van der Waals surface area contributed by atoms with E-state index in [4.69, 9.17) is 15.5 Å². The van der Waals surface area contributed by atoms with Crippen LogP contribution >= 0.6 is 0 Å². The molecule has 0 saturated heterocycles. The highest BCUT2D eigenvalue weighted by Gasteiger charge is 2.13. The van der Waals surface area contributed by atoms with Crippen LogP contribution in [-0.2, 0) is 6.42 Å². The fraction of sp³-hybridized carbons (Fsp3) is 0.200. The largest absolute Gasteiger partial charge is 0.481 e. The predicted molar refractivity (Wildman–Crippen MR) is 115 cm³/mol. The Labute approximate surface area is 177 Å². The summed E-state index contributed by atoms with van der Waals surface area (Å²) in [5.74, 6) is 1.11. The van der Waals surface area contributed by atoms with Gasteiger partial charge in [-0.3, -0.25) is 14.5 Å². The summed E-state index contributed by atoms with van der Waals surface area (Å²) in [5, 5.41) is 14.2. The second-order valence-electron chi connectivity index (χ2n) is 6.70. The first kappa shape index (κ1) is 20.0. The fourth-order valence-electron chi connectivity index (χ4n) is 3.12. The Morgan fingerprint density at radius 3 is 2.81 bits per heavy atom. The van der Waals surface area contributed by atoms with E-state index in [1.54, 1.807) is 31.6 Å². The van der Waals surface area contributed by atoms with E-state index in [0.717, 1.165) is 23.3 Å². The number of nitrogens with zero attached hydrogens (tertiary/aromatic N) is 6. The van der Waals surface area contributed by atoms with E-state index in [1.807, 2.05) is 22.7 Å². The number of anilines is 2. The van der Waals surface area contributed by atoms with Gasteiger partial charge in [-0.15, -0.1) is 0 Å². The summed E-state index contributed by atoms with van der Waals surface area (Å²) in [6.45, 7) is 0.614. The summed E-state index contributed by atoms with van der Waals surface area (Å²) >= 11 is 0. The first-order valence-corrected chi connectivity index (χ1v) is 9.53. The molecule has 0 atom stereocenters. The van der Waals surface area contributed by atoms with Gasteiger partial charge >= 0.3 is 5.69 Å². The van der Waals surface area contributed by atoms with Crippen molar-refractivity contribution >= 4 is 23.1 Å². The van der Waals surface area contributed by atoms with Crippen LogP contribution in [0.25, 0.3) is 16.9 Å². The number of methoxy groups -OCH3 is 1. The van der Waals surface area contributed by atoms with Crippen molar-refractivity contribution in [3.8, 4) is 17.1 Å². The van der Waals surface area contributed by atoms with Gasteiger partial charge in [0.2, 0.25) is 17.6 Å². The highest BCUT2D eigenvalue weighted by molar-refractivity contribution is 5.65. The van der Waals surface area contributed by atoms with Crippen molar-refractivity contribution in [1.29, 1.82) is 0 Å². The van der Waals surface area contributed by atoms with Crippen LogP contribution in [0.1, 0.15) is 12.1 Å². The number of aromatic nitrogens is 5. The fourth-order valence-corrected chi connectivity index (χ4v) is 3.12. The number of nitro groups is 1. The lowest BCUT2D eigenvalue weighted by atomic mass is 10.2. The number of aryl methyl sites for hydroxylation is 1. The lowest BCUT2D eigenvalue weighted by Crippen LogP contribution is -2.10. The molecule has 0 aliphatic rings. The molecule has 0 fully saturated rings. The molecule has 0 aliphatic carbocycles. The van der Waals surface area contributed by atoms with E-state index >= 15 is 0 Å². The Bertz CT molecular complexity index is 1220. The number of imidazole rings is 1. The third-order valence-electron chi connectivity index (χ3n) is 4.68. The number of nitrogens with one attached hydrogen (secondary N) is 1. The Morgan fingerprint density at radius 1 is 1.23 bits per heavy atom. The summed E-state index contributed by atoms with van der Waals surface area (Å²) in [6, 6.07) is 8.56. The van der Waals surface area contributed by atoms with Crippen LogP contribution in [-0.4, -0.2) is 42.9 Å². The molecule has 4 aromatic heterocycles. The highest BCUT2D eigenvalue weighted by Crippen LogP contribution is 2.23. The SMILES string of the molecule is COc1ccc(-c2cc3nccn3c(NCCCc3ccc([N+](=O)[O-])c(N)n3)n2)cn1. The van der Waals surface area contributed by atoms with Gasteiger partial charge in [-0.2, -0.15) is 0 Å². The molecule has 0 amide bonds. The van der Waals surface area contributed by atoms with Gasteiger partial charge in [-0.05, 0) is 25.0 Å². The molecular weight excluding hydrogens is 400 g/mol. The first-order chi connectivity index (χ1) is 15.0. The average Bonchev–Trinajstić information content (AvgIpc) is 3.25. The molecule has 0 saturated carbocycles. The Balaban J connectivity index is 1.46. The van der Waals surface area contributed by atoms with Crippen molar-refractivity contribution in [2.45, 2.75) is 12.8 Å². The van der Waals surface area contributed by atoms with Gasteiger partial charge in [-0.1, -0.05) is 0 Å². The molecule has 4 aromatic rings. The number of nitrogens with two attached hydrogens (primary N) is 1. The van der Waals surface area contributed by atoms with Crippen molar-refractivity contribution in [3.63, 3.8) is 0 Å². The minimum absolute atomic E-state index is 0.0712. The molecule has 0 aromatic carbocycles. The number of pyridine rings is 2. The van der Waals surface area contributed by atoms with Crippen LogP contribution in [0.4, 0.5) is 17.5 Å². The van der Waals surface area contributed by atoms with Crippen molar-refractivity contribution in [2.24, 2.45) is 0 Å². The van der Waals surface area contributed by atoms with Crippen molar-refractivity contribution in [1.82, 2.24) is 24.3 Å². The smallest absolute Gasteiger partial charge is 0.311 e. The second kappa shape index (κ2) is 8.61. The molecule has 4 heterocycles. The number of nitrogen functional groups attached to an aromatic ring is 1. The summed E-state index contributed by atoms with van der Waals surface area (Å²) in [6.07, 6.45) is 6.59. The lowest BCUT2D eigenvalue weighted by Gasteiger charge is -2.11. The zero-order valence-electron chi connectivity index (χ0n) is 16.7. The van der Waals surface area contributed by atoms with E-state index in [2.05, 4.69) is 20.3 Å². The number of rotatable bonds is 8. The quantitative estimate of drug-likeness (QED) is 0.249. The molecular formula is C20H20N8O3. The highest BCUT2D eigenvalue weighted by atomic mass is 16.6. The molecule has 0 bridgehead atoms. The molecule has 11 nitrogen and oxygen atoms in total. The van der Waals surface area contributed by atoms with Crippen LogP contribution < -0.4 is 15.8 Å². The van der Waals surface area contributed by atoms with Crippen LogP contribution in [0, 0.1) is 10.1 Å². The molecule has 11 heteroatoms. The third-order valence-corrected chi connectivity index (χ3v) is 4.68. The standard InChI is InChI=1S/C20H20N8O3/c1-31-18-7-4-13(12-24-18)15-11-17-22-9-10-27(17)20(26-15)23-8-2-3-14-5-6-16(28(29)30)19(21)25-14/h4-7,9-12H,2-3,8H2,1H3,(H2,21,25)(H,23,26). The molecule has 4 rings (SSSR count). The summed E-state index contributed by atoms with van der Waals surface area (Å²) in [5.41, 5.74) is 8.51. The van der Waals surface area contributed by atoms with E-state index < -0.39 is 4.92 Å². The van der Waals surface area contributed by atoms with Gasteiger partial charge in [0.1, 0.15) is 5.65 Å². The normalized spacial score (nSPS) is 10.9. The topological polar surface area (TPSA) is 146 Å². The maximum Gasteiger partial charge on any atom is 0.311 e. The van der Waals surface area contributed by atoms with Crippen molar-refractivity contribution < 1.29 is 9.66 Å². The van der Waals surface area contributed by atoms with Gasteiger partial charge in [0, 0.05) is 54.6 Å². The van der Waals surface area contributed by atoms with Gasteiger partial charge < -0.3 is 15.8 Å². The number of hydrogen-bond acceptors (Lipinski definition) is 9. The number of fused-ring (bicyclic) bond motifs is 1. The van der Waals surface area contributed by atoms with Gasteiger partial charge in [-0.25, -0.2) is 19.9 Å². The maximum atomic E-state index is 10.8.